The van der Waals surface area contributed by atoms with Crippen molar-refractivity contribution in [3.63, 3.8) is 0 Å². The molecule has 1 saturated heterocycles. The molecule has 1 N–H and O–H groups in total. The van der Waals surface area contributed by atoms with E-state index >= 15 is 0 Å². The van der Waals surface area contributed by atoms with Gasteiger partial charge in [-0.2, -0.15) is 0 Å². The van der Waals surface area contributed by atoms with Gasteiger partial charge in [-0.05, 0) is 59.1 Å². The van der Waals surface area contributed by atoms with Crippen molar-refractivity contribution in [2.75, 3.05) is 18.4 Å². The zero-order valence-corrected chi connectivity index (χ0v) is 15.0. The zero-order chi connectivity index (χ0) is 17.8. The van der Waals surface area contributed by atoms with Gasteiger partial charge in [-0.1, -0.05) is 6.07 Å². The molecule has 1 unspecified atom stereocenters. The number of piperidine rings is 1. The monoisotopic (exact) mass is 405 g/mol. The Morgan fingerprint density at radius 1 is 1.28 bits per heavy atom. The van der Waals surface area contributed by atoms with Gasteiger partial charge in [-0.25, -0.2) is 9.37 Å². The van der Waals surface area contributed by atoms with Crippen LogP contribution in [0.15, 0.2) is 47.1 Å². The molecule has 1 aliphatic rings. The summed E-state index contributed by atoms with van der Waals surface area (Å²) in [7, 11) is 0. The van der Waals surface area contributed by atoms with Crippen LogP contribution in [0.2, 0.25) is 0 Å². The van der Waals surface area contributed by atoms with E-state index in [1.807, 2.05) is 0 Å². The summed E-state index contributed by atoms with van der Waals surface area (Å²) in [6.07, 6.45) is 3.04. The summed E-state index contributed by atoms with van der Waals surface area (Å²) in [5.74, 6) is -0.692. The van der Waals surface area contributed by atoms with E-state index in [9.17, 15) is 14.0 Å². The maximum absolute atomic E-state index is 13.3. The Bertz CT molecular complexity index is 782. The van der Waals surface area contributed by atoms with Crippen molar-refractivity contribution in [1.29, 1.82) is 0 Å². The lowest BCUT2D eigenvalue weighted by atomic mass is 9.96. The molecule has 0 radical (unpaired) electrons. The lowest BCUT2D eigenvalue weighted by Crippen LogP contribution is -2.43. The SMILES string of the molecule is O=C(Nc1ccc(Br)cn1)C1CCCN(C(=O)c2cccc(F)c2)C1. The lowest BCUT2D eigenvalue weighted by molar-refractivity contribution is -0.121. The maximum atomic E-state index is 13.3. The van der Waals surface area contributed by atoms with Crippen LogP contribution in [0.1, 0.15) is 23.2 Å². The standard InChI is InChI=1S/C18H17BrFN3O2/c19-14-6-7-16(21-10-14)22-17(24)13-4-2-8-23(11-13)18(25)12-3-1-5-15(20)9-12/h1,3,5-7,9-10,13H,2,4,8,11H2,(H,21,22,24). The average Bonchev–Trinajstić information content (AvgIpc) is 2.63. The van der Waals surface area contributed by atoms with Crippen LogP contribution >= 0.6 is 15.9 Å². The van der Waals surface area contributed by atoms with Gasteiger partial charge in [0.2, 0.25) is 5.91 Å². The molecule has 1 aromatic heterocycles. The number of benzene rings is 1. The van der Waals surface area contributed by atoms with Gasteiger partial charge in [0.15, 0.2) is 0 Å². The van der Waals surface area contributed by atoms with E-state index in [0.717, 1.165) is 10.9 Å². The van der Waals surface area contributed by atoms with E-state index < -0.39 is 5.82 Å². The molecule has 5 nitrogen and oxygen atoms in total. The molecular weight excluding hydrogens is 389 g/mol. The van der Waals surface area contributed by atoms with Crippen LogP contribution < -0.4 is 5.32 Å². The number of anilines is 1. The Morgan fingerprint density at radius 3 is 2.84 bits per heavy atom. The Balaban J connectivity index is 1.65. The molecule has 2 heterocycles. The summed E-state index contributed by atoms with van der Waals surface area (Å²) in [5.41, 5.74) is 0.302. The highest BCUT2D eigenvalue weighted by molar-refractivity contribution is 9.10. The second-order valence-corrected chi connectivity index (χ2v) is 6.87. The van der Waals surface area contributed by atoms with Crippen LogP contribution in [0.5, 0.6) is 0 Å². The second-order valence-electron chi connectivity index (χ2n) is 5.95. The highest BCUT2D eigenvalue weighted by Gasteiger charge is 2.29. The van der Waals surface area contributed by atoms with Gasteiger partial charge in [0, 0.05) is 29.3 Å². The fourth-order valence-electron chi connectivity index (χ4n) is 2.86. The molecule has 0 saturated carbocycles. The fourth-order valence-corrected chi connectivity index (χ4v) is 3.09. The molecule has 0 spiro atoms. The topological polar surface area (TPSA) is 62.3 Å². The van der Waals surface area contributed by atoms with Gasteiger partial charge < -0.3 is 10.2 Å². The molecule has 1 aromatic carbocycles. The molecule has 25 heavy (non-hydrogen) atoms. The van der Waals surface area contributed by atoms with Crippen molar-refractivity contribution in [1.82, 2.24) is 9.88 Å². The first-order valence-corrected chi connectivity index (χ1v) is 8.79. The number of rotatable bonds is 3. The lowest BCUT2D eigenvalue weighted by Gasteiger charge is -2.32. The van der Waals surface area contributed by atoms with Gasteiger partial charge in [-0.15, -0.1) is 0 Å². The molecule has 130 valence electrons. The van der Waals surface area contributed by atoms with Crippen LogP contribution in [0.4, 0.5) is 10.2 Å². The van der Waals surface area contributed by atoms with Crippen molar-refractivity contribution in [2.24, 2.45) is 5.92 Å². The van der Waals surface area contributed by atoms with E-state index in [1.165, 1.54) is 18.2 Å². The van der Waals surface area contributed by atoms with Crippen LogP contribution in [-0.2, 0) is 4.79 Å². The number of nitrogens with zero attached hydrogens (tertiary/aromatic N) is 2. The minimum atomic E-state index is -0.446. The molecule has 1 aliphatic heterocycles. The van der Waals surface area contributed by atoms with Crippen molar-refractivity contribution in [3.8, 4) is 0 Å². The summed E-state index contributed by atoms with van der Waals surface area (Å²) in [6.45, 7) is 0.882. The van der Waals surface area contributed by atoms with E-state index in [4.69, 9.17) is 0 Å². The number of amides is 2. The fraction of sp³-hybridized carbons (Fsp3) is 0.278. The third kappa shape index (κ3) is 4.42. The summed E-state index contributed by atoms with van der Waals surface area (Å²) in [4.78, 5) is 30.7. The Morgan fingerprint density at radius 2 is 2.12 bits per heavy atom. The van der Waals surface area contributed by atoms with E-state index in [0.29, 0.717) is 30.9 Å². The van der Waals surface area contributed by atoms with Crippen molar-refractivity contribution >= 4 is 33.6 Å². The number of aromatic nitrogens is 1. The van der Waals surface area contributed by atoms with E-state index in [2.05, 4.69) is 26.2 Å². The summed E-state index contributed by atoms with van der Waals surface area (Å²) >= 11 is 3.29. The van der Waals surface area contributed by atoms with Gasteiger partial charge in [0.1, 0.15) is 11.6 Å². The quantitative estimate of drug-likeness (QED) is 0.849. The molecule has 7 heteroatoms. The smallest absolute Gasteiger partial charge is 0.253 e. The number of pyridine rings is 1. The Kier molecular flexibility index (Phi) is 5.43. The summed E-state index contributed by atoms with van der Waals surface area (Å²) < 4.78 is 14.2. The van der Waals surface area contributed by atoms with Crippen molar-refractivity contribution in [2.45, 2.75) is 12.8 Å². The average molecular weight is 406 g/mol. The van der Waals surface area contributed by atoms with Gasteiger partial charge >= 0.3 is 0 Å². The van der Waals surface area contributed by atoms with Gasteiger partial charge in [-0.3, -0.25) is 9.59 Å². The van der Waals surface area contributed by atoms with E-state index in [1.54, 1.807) is 29.3 Å². The number of hydrogen-bond acceptors (Lipinski definition) is 3. The molecule has 0 bridgehead atoms. The maximum Gasteiger partial charge on any atom is 0.253 e. The summed E-state index contributed by atoms with van der Waals surface area (Å²) in [6, 6.07) is 9.12. The van der Waals surface area contributed by atoms with E-state index in [-0.39, 0.29) is 17.7 Å². The number of carbonyl (C=O) groups excluding carboxylic acids is 2. The zero-order valence-electron chi connectivity index (χ0n) is 13.4. The van der Waals surface area contributed by atoms with Gasteiger partial charge in [0.25, 0.3) is 5.91 Å². The minimum absolute atomic E-state index is 0.161. The molecule has 1 fully saturated rings. The van der Waals surface area contributed by atoms with Crippen molar-refractivity contribution < 1.29 is 14.0 Å². The Hall–Kier alpha value is -2.28. The third-order valence-electron chi connectivity index (χ3n) is 4.13. The van der Waals surface area contributed by atoms with Crippen LogP contribution in [0.25, 0.3) is 0 Å². The number of nitrogens with one attached hydrogen (secondary N) is 1. The molecule has 2 amide bonds. The highest BCUT2D eigenvalue weighted by atomic mass is 79.9. The molecule has 2 aromatic rings. The second kappa shape index (κ2) is 7.74. The van der Waals surface area contributed by atoms with Gasteiger partial charge in [0.05, 0.1) is 5.92 Å². The summed E-state index contributed by atoms with van der Waals surface area (Å²) in [5, 5.41) is 2.78. The predicted molar refractivity (Wildman–Crippen MR) is 95.6 cm³/mol. The molecule has 1 atom stereocenters. The predicted octanol–water partition coefficient (Wildman–Crippen LogP) is 3.47. The third-order valence-corrected chi connectivity index (χ3v) is 4.60. The number of hydrogen-bond donors (Lipinski definition) is 1. The van der Waals surface area contributed by atoms with Crippen LogP contribution in [-0.4, -0.2) is 34.8 Å². The largest absolute Gasteiger partial charge is 0.338 e. The molecule has 3 rings (SSSR count). The number of likely N-dealkylation sites (tertiary alicyclic amines) is 1. The van der Waals surface area contributed by atoms with Crippen LogP contribution in [0.3, 0.4) is 0 Å². The first-order chi connectivity index (χ1) is 12.0. The first kappa shape index (κ1) is 17.5. The number of carbonyl (C=O) groups is 2. The first-order valence-electron chi connectivity index (χ1n) is 8.00. The normalized spacial score (nSPS) is 17.2. The van der Waals surface area contributed by atoms with Crippen molar-refractivity contribution in [3.05, 3.63) is 58.4 Å². The van der Waals surface area contributed by atoms with Crippen LogP contribution in [0, 0.1) is 11.7 Å². The molecule has 0 aliphatic carbocycles. The minimum Gasteiger partial charge on any atom is -0.338 e. The molecular formula is C18H17BrFN3O2. The highest BCUT2D eigenvalue weighted by Crippen LogP contribution is 2.21. The Labute approximate surface area is 153 Å². The number of halogens is 2.